The molecule has 0 fully saturated rings. The molecule has 0 aliphatic rings. The van der Waals surface area contributed by atoms with E-state index in [2.05, 4.69) is 0 Å². The van der Waals surface area contributed by atoms with Gasteiger partial charge >= 0.3 is 11.8 Å². The third kappa shape index (κ3) is 4.63. The predicted molar refractivity (Wildman–Crippen MR) is 112 cm³/mol. The molecule has 0 atom stereocenters. The molecule has 0 aliphatic carbocycles. The van der Waals surface area contributed by atoms with Crippen LogP contribution in [0.4, 0.5) is 13.2 Å². The van der Waals surface area contributed by atoms with Gasteiger partial charge in [-0.1, -0.05) is 54.1 Å². The number of rotatable bonds is 5. The quantitative estimate of drug-likeness (QED) is 0.354. The second kappa shape index (κ2) is 8.30. The number of ether oxygens (including phenoxy) is 1. The minimum Gasteiger partial charge on any atom is -0.488 e. The van der Waals surface area contributed by atoms with Gasteiger partial charge in [-0.3, -0.25) is 0 Å². The Labute approximate surface area is 176 Å². The smallest absolute Gasteiger partial charge is 0.416 e. The van der Waals surface area contributed by atoms with Crippen molar-refractivity contribution in [3.8, 4) is 5.75 Å². The van der Waals surface area contributed by atoms with Gasteiger partial charge in [0.15, 0.2) is 0 Å². The van der Waals surface area contributed by atoms with Crippen molar-refractivity contribution in [3.63, 3.8) is 0 Å². The minimum absolute atomic E-state index is 0.0203. The van der Waals surface area contributed by atoms with Gasteiger partial charge < -0.3 is 9.15 Å². The van der Waals surface area contributed by atoms with Crippen LogP contribution in [0.1, 0.15) is 27.8 Å². The van der Waals surface area contributed by atoms with Crippen molar-refractivity contribution in [1.29, 1.82) is 0 Å². The number of hydrogen-bond acceptors (Lipinski definition) is 3. The van der Waals surface area contributed by atoms with E-state index in [1.807, 2.05) is 37.3 Å². The maximum atomic E-state index is 12.8. The van der Waals surface area contributed by atoms with Crippen molar-refractivity contribution in [2.45, 2.75) is 26.1 Å². The highest BCUT2D eigenvalue weighted by Gasteiger charge is 2.30. The molecule has 3 nitrogen and oxygen atoms in total. The second-order valence-electron chi connectivity index (χ2n) is 7.34. The van der Waals surface area contributed by atoms with Crippen LogP contribution in [0.15, 0.2) is 82.0 Å². The van der Waals surface area contributed by atoms with E-state index in [1.165, 1.54) is 12.1 Å². The summed E-state index contributed by atoms with van der Waals surface area (Å²) >= 11 is 0. The van der Waals surface area contributed by atoms with Crippen LogP contribution in [0.2, 0.25) is 0 Å². The maximum Gasteiger partial charge on any atom is 0.416 e. The first kappa shape index (κ1) is 20.7. The third-order valence-electron chi connectivity index (χ3n) is 5.02. The van der Waals surface area contributed by atoms with E-state index in [-0.39, 0.29) is 6.61 Å². The maximum absolute atomic E-state index is 12.8. The van der Waals surface area contributed by atoms with Crippen molar-refractivity contribution in [3.05, 3.63) is 111 Å². The summed E-state index contributed by atoms with van der Waals surface area (Å²) in [5.74, 6) is 0.382. The number of hydrogen-bond donors (Lipinski definition) is 0. The highest BCUT2D eigenvalue weighted by Crippen LogP contribution is 2.31. The Hall–Kier alpha value is -3.54. The molecule has 158 valence electrons. The number of halogens is 3. The molecule has 0 bridgehead atoms. The van der Waals surface area contributed by atoms with Crippen LogP contribution in [0.5, 0.6) is 5.75 Å². The highest BCUT2D eigenvalue weighted by atomic mass is 19.4. The number of alkyl halides is 3. The van der Waals surface area contributed by atoms with Crippen LogP contribution in [0, 0.1) is 6.92 Å². The first-order valence-electron chi connectivity index (χ1n) is 9.70. The average molecular weight is 424 g/mol. The average Bonchev–Trinajstić information content (AvgIpc) is 2.74. The van der Waals surface area contributed by atoms with Gasteiger partial charge in [-0.05, 0) is 42.3 Å². The van der Waals surface area contributed by atoms with E-state index in [0.29, 0.717) is 34.3 Å². The van der Waals surface area contributed by atoms with Crippen molar-refractivity contribution >= 4 is 11.0 Å². The van der Waals surface area contributed by atoms with E-state index in [4.69, 9.17) is 9.15 Å². The molecule has 0 spiro atoms. The van der Waals surface area contributed by atoms with E-state index < -0.39 is 17.4 Å². The fourth-order valence-electron chi connectivity index (χ4n) is 3.33. The Kier molecular flexibility index (Phi) is 5.55. The standard InChI is InChI=1S/C25H19F3O3/c1-16-6-8-17(9-7-16)14-21-23(20-4-2-3-5-22(20)31-24(21)29)30-15-18-10-12-19(13-11-18)25(26,27)28/h2-13H,14-15H2,1H3. The lowest BCUT2D eigenvalue weighted by Crippen LogP contribution is -2.12. The second-order valence-corrected chi connectivity index (χ2v) is 7.34. The van der Waals surface area contributed by atoms with Gasteiger partial charge in [-0.2, -0.15) is 13.2 Å². The van der Waals surface area contributed by atoms with E-state index in [9.17, 15) is 18.0 Å². The monoisotopic (exact) mass is 424 g/mol. The Bertz CT molecular complexity index is 1250. The summed E-state index contributed by atoms with van der Waals surface area (Å²) < 4.78 is 49.9. The Morgan fingerprint density at radius 3 is 2.19 bits per heavy atom. The molecule has 1 aromatic heterocycles. The van der Waals surface area contributed by atoms with Gasteiger partial charge in [0.05, 0.1) is 16.5 Å². The molecule has 31 heavy (non-hydrogen) atoms. The molecule has 0 saturated carbocycles. The molecule has 3 aromatic carbocycles. The van der Waals surface area contributed by atoms with Gasteiger partial charge in [0.1, 0.15) is 17.9 Å². The molecule has 1 heterocycles. The van der Waals surface area contributed by atoms with E-state index >= 15 is 0 Å². The zero-order valence-corrected chi connectivity index (χ0v) is 16.7. The van der Waals surface area contributed by atoms with Crippen molar-refractivity contribution in [2.24, 2.45) is 0 Å². The van der Waals surface area contributed by atoms with Crippen molar-refractivity contribution in [2.75, 3.05) is 0 Å². The predicted octanol–water partition coefficient (Wildman–Crippen LogP) is 6.29. The topological polar surface area (TPSA) is 39.4 Å². The third-order valence-corrected chi connectivity index (χ3v) is 5.02. The fraction of sp³-hybridized carbons (Fsp3) is 0.160. The van der Waals surface area contributed by atoms with Gasteiger partial charge in [-0.25, -0.2) is 4.79 Å². The summed E-state index contributed by atoms with van der Waals surface area (Å²) in [6.45, 7) is 2.00. The fourth-order valence-corrected chi connectivity index (χ4v) is 3.33. The molecule has 6 heteroatoms. The summed E-state index contributed by atoms with van der Waals surface area (Å²) in [7, 11) is 0. The summed E-state index contributed by atoms with van der Waals surface area (Å²) in [5.41, 5.74) is 2.13. The van der Waals surface area contributed by atoms with Crippen LogP contribution < -0.4 is 10.4 Å². The summed E-state index contributed by atoms with van der Waals surface area (Å²) in [6, 6.07) is 19.6. The molecule has 4 rings (SSSR count). The number of para-hydroxylation sites is 1. The largest absolute Gasteiger partial charge is 0.488 e. The lowest BCUT2D eigenvalue weighted by Gasteiger charge is -2.14. The van der Waals surface area contributed by atoms with Crippen molar-refractivity contribution in [1.82, 2.24) is 0 Å². The van der Waals surface area contributed by atoms with Crippen molar-refractivity contribution < 1.29 is 22.3 Å². The lowest BCUT2D eigenvalue weighted by atomic mass is 10.0. The molecular formula is C25H19F3O3. The molecule has 0 aliphatic heterocycles. The Morgan fingerprint density at radius 2 is 1.52 bits per heavy atom. The lowest BCUT2D eigenvalue weighted by molar-refractivity contribution is -0.137. The molecule has 4 aromatic rings. The zero-order chi connectivity index (χ0) is 22.0. The van der Waals surface area contributed by atoms with Crippen LogP contribution in [0.3, 0.4) is 0 Å². The summed E-state index contributed by atoms with van der Waals surface area (Å²) in [6.07, 6.45) is -4.08. The number of aryl methyl sites for hydroxylation is 1. The summed E-state index contributed by atoms with van der Waals surface area (Å²) in [5, 5.41) is 0.635. The zero-order valence-electron chi connectivity index (χ0n) is 16.7. The summed E-state index contributed by atoms with van der Waals surface area (Å²) in [4.78, 5) is 12.7. The van der Waals surface area contributed by atoms with Gasteiger partial charge in [-0.15, -0.1) is 0 Å². The van der Waals surface area contributed by atoms with Gasteiger partial charge in [0.2, 0.25) is 0 Å². The minimum atomic E-state index is -4.39. The van der Waals surface area contributed by atoms with E-state index in [0.717, 1.165) is 23.3 Å². The highest BCUT2D eigenvalue weighted by molar-refractivity contribution is 5.84. The van der Waals surface area contributed by atoms with Gasteiger partial charge in [0, 0.05) is 6.42 Å². The first-order valence-corrected chi connectivity index (χ1v) is 9.70. The normalized spacial score (nSPS) is 11.6. The molecular weight excluding hydrogens is 405 g/mol. The van der Waals surface area contributed by atoms with Crippen LogP contribution in [-0.2, 0) is 19.2 Å². The first-order chi connectivity index (χ1) is 14.8. The number of fused-ring (bicyclic) bond motifs is 1. The van der Waals surface area contributed by atoms with Crippen LogP contribution >= 0.6 is 0 Å². The van der Waals surface area contributed by atoms with Crippen LogP contribution in [-0.4, -0.2) is 0 Å². The molecule has 0 N–H and O–H groups in total. The van der Waals surface area contributed by atoms with Gasteiger partial charge in [0.25, 0.3) is 0 Å². The Morgan fingerprint density at radius 1 is 0.871 bits per heavy atom. The molecule has 0 radical (unpaired) electrons. The molecule has 0 saturated heterocycles. The van der Waals surface area contributed by atoms with E-state index in [1.54, 1.807) is 18.2 Å². The Balaban J connectivity index is 1.69. The van der Waals surface area contributed by atoms with Crippen LogP contribution in [0.25, 0.3) is 11.0 Å². The molecule has 0 amide bonds. The number of benzene rings is 3. The molecule has 0 unspecified atom stereocenters. The SMILES string of the molecule is Cc1ccc(Cc2c(OCc3ccc(C(F)(F)F)cc3)c3ccccc3oc2=O)cc1.